The zero-order valence-corrected chi connectivity index (χ0v) is 9.32. The van der Waals surface area contributed by atoms with E-state index in [1.54, 1.807) is 13.2 Å². The Labute approximate surface area is 97.3 Å². The van der Waals surface area contributed by atoms with Gasteiger partial charge in [-0.2, -0.15) is 0 Å². The van der Waals surface area contributed by atoms with E-state index >= 15 is 0 Å². The van der Waals surface area contributed by atoms with Crippen LogP contribution < -0.4 is 5.32 Å². The average molecular weight is 238 g/mol. The van der Waals surface area contributed by atoms with Gasteiger partial charge in [-0.25, -0.2) is 13.5 Å². The summed E-state index contributed by atoms with van der Waals surface area (Å²) >= 11 is 0. The fourth-order valence-electron chi connectivity index (χ4n) is 1.52. The van der Waals surface area contributed by atoms with Crippen LogP contribution in [0, 0.1) is 11.6 Å². The maximum atomic E-state index is 13.4. The van der Waals surface area contributed by atoms with Crippen molar-refractivity contribution in [3.05, 3.63) is 47.3 Å². The van der Waals surface area contributed by atoms with E-state index in [-0.39, 0.29) is 12.1 Å². The average Bonchev–Trinajstić information content (AvgIpc) is 2.72. The number of aromatic nitrogens is 3. The molecular weight excluding hydrogens is 226 g/mol. The molecule has 0 radical (unpaired) electrons. The van der Waals surface area contributed by atoms with Crippen LogP contribution in [0.1, 0.15) is 11.3 Å². The van der Waals surface area contributed by atoms with Gasteiger partial charge in [-0.3, -0.25) is 0 Å². The number of benzene rings is 1. The van der Waals surface area contributed by atoms with Gasteiger partial charge in [0.05, 0.1) is 18.4 Å². The highest BCUT2D eigenvalue weighted by Gasteiger charge is 2.06. The smallest absolute Gasteiger partial charge is 0.128 e. The van der Waals surface area contributed by atoms with Gasteiger partial charge in [-0.15, -0.1) is 5.10 Å². The number of hydrogen-bond acceptors (Lipinski definition) is 3. The van der Waals surface area contributed by atoms with Gasteiger partial charge in [-0.1, -0.05) is 5.21 Å². The topological polar surface area (TPSA) is 42.7 Å². The third-order valence-electron chi connectivity index (χ3n) is 2.28. The van der Waals surface area contributed by atoms with Crippen molar-refractivity contribution in [2.75, 3.05) is 7.05 Å². The molecule has 0 aliphatic rings. The first-order chi connectivity index (χ1) is 8.19. The second-order valence-corrected chi connectivity index (χ2v) is 3.67. The first-order valence-corrected chi connectivity index (χ1v) is 5.16. The molecule has 1 aromatic heterocycles. The molecule has 0 aliphatic carbocycles. The number of nitrogens with zero attached hydrogens (tertiary/aromatic N) is 3. The maximum absolute atomic E-state index is 13.4. The van der Waals surface area contributed by atoms with E-state index in [0.717, 1.165) is 23.9 Å². The fraction of sp³-hybridized carbons (Fsp3) is 0.273. The van der Waals surface area contributed by atoms with Crippen molar-refractivity contribution < 1.29 is 8.78 Å². The number of halogens is 2. The van der Waals surface area contributed by atoms with Gasteiger partial charge in [0.25, 0.3) is 0 Å². The Balaban J connectivity index is 2.16. The summed E-state index contributed by atoms with van der Waals surface area (Å²) in [5.74, 6) is -0.908. The molecule has 0 fully saturated rings. The van der Waals surface area contributed by atoms with E-state index < -0.39 is 11.6 Å². The van der Waals surface area contributed by atoms with Crippen molar-refractivity contribution in [2.24, 2.45) is 0 Å². The van der Waals surface area contributed by atoms with Crippen LogP contribution in [0.5, 0.6) is 0 Å². The molecule has 0 saturated heterocycles. The molecule has 2 rings (SSSR count). The first-order valence-electron chi connectivity index (χ1n) is 5.16. The van der Waals surface area contributed by atoms with E-state index in [0.29, 0.717) is 6.54 Å². The van der Waals surface area contributed by atoms with E-state index in [1.165, 1.54) is 4.68 Å². The van der Waals surface area contributed by atoms with Crippen LogP contribution in [-0.4, -0.2) is 22.0 Å². The molecule has 0 spiro atoms. The van der Waals surface area contributed by atoms with Crippen molar-refractivity contribution in [3.8, 4) is 0 Å². The summed E-state index contributed by atoms with van der Waals surface area (Å²) in [4.78, 5) is 0. The quantitative estimate of drug-likeness (QED) is 0.873. The van der Waals surface area contributed by atoms with E-state index in [2.05, 4.69) is 15.6 Å². The minimum absolute atomic E-state index is 0.167. The molecule has 0 amide bonds. The molecule has 90 valence electrons. The highest BCUT2D eigenvalue weighted by Crippen LogP contribution is 2.11. The first kappa shape index (κ1) is 11.7. The van der Waals surface area contributed by atoms with Crippen LogP contribution in [0.2, 0.25) is 0 Å². The van der Waals surface area contributed by atoms with Crippen LogP contribution in [0.25, 0.3) is 0 Å². The minimum Gasteiger partial charge on any atom is -0.314 e. The molecule has 0 bridgehead atoms. The van der Waals surface area contributed by atoms with E-state index in [9.17, 15) is 8.78 Å². The Morgan fingerprint density at radius 1 is 1.35 bits per heavy atom. The lowest BCUT2D eigenvalue weighted by atomic mass is 10.2. The molecule has 0 atom stereocenters. The molecule has 2 aromatic rings. The van der Waals surface area contributed by atoms with Crippen LogP contribution in [0.15, 0.2) is 24.4 Å². The molecule has 1 heterocycles. The van der Waals surface area contributed by atoms with Gasteiger partial charge in [0.15, 0.2) is 0 Å². The van der Waals surface area contributed by atoms with Crippen molar-refractivity contribution in [3.63, 3.8) is 0 Å². The zero-order valence-electron chi connectivity index (χ0n) is 9.32. The lowest BCUT2D eigenvalue weighted by Gasteiger charge is -2.02. The Morgan fingerprint density at radius 3 is 2.94 bits per heavy atom. The second-order valence-electron chi connectivity index (χ2n) is 3.67. The lowest BCUT2D eigenvalue weighted by Crippen LogP contribution is -2.05. The molecule has 1 N–H and O–H groups in total. The normalized spacial score (nSPS) is 10.8. The molecule has 6 heteroatoms. The minimum atomic E-state index is -0.461. The predicted octanol–water partition coefficient (Wildman–Crippen LogP) is 1.32. The Bertz CT molecular complexity index is 510. The fourth-order valence-corrected chi connectivity index (χ4v) is 1.52. The van der Waals surface area contributed by atoms with Gasteiger partial charge in [0.1, 0.15) is 11.6 Å². The predicted molar refractivity (Wildman–Crippen MR) is 58.2 cm³/mol. The van der Waals surface area contributed by atoms with Crippen LogP contribution in [0.3, 0.4) is 0 Å². The van der Waals surface area contributed by atoms with Crippen LogP contribution in [-0.2, 0) is 13.1 Å². The van der Waals surface area contributed by atoms with Crippen LogP contribution in [0.4, 0.5) is 8.78 Å². The maximum Gasteiger partial charge on any atom is 0.128 e. The summed E-state index contributed by atoms with van der Waals surface area (Å²) in [6.07, 6.45) is 1.70. The Morgan fingerprint density at radius 2 is 2.18 bits per heavy atom. The highest BCUT2D eigenvalue weighted by molar-refractivity contribution is 5.18. The standard InChI is InChI=1S/C11H12F2N4/c1-14-5-10-7-17(16-15-10)6-8-4-9(12)2-3-11(8)13/h2-4,7,14H,5-6H2,1H3. The van der Waals surface area contributed by atoms with Gasteiger partial charge in [0.2, 0.25) is 0 Å². The van der Waals surface area contributed by atoms with E-state index in [1.807, 2.05) is 0 Å². The molecule has 0 saturated carbocycles. The Kier molecular flexibility index (Phi) is 3.43. The highest BCUT2D eigenvalue weighted by atomic mass is 19.1. The van der Waals surface area contributed by atoms with Crippen molar-refractivity contribution in [2.45, 2.75) is 13.1 Å². The summed E-state index contributed by atoms with van der Waals surface area (Å²) in [6, 6.07) is 3.36. The SMILES string of the molecule is CNCc1cn(Cc2cc(F)ccc2F)nn1. The lowest BCUT2D eigenvalue weighted by molar-refractivity contribution is 0.560. The van der Waals surface area contributed by atoms with Gasteiger partial charge in [0, 0.05) is 12.1 Å². The Hall–Kier alpha value is -1.82. The largest absolute Gasteiger partial charge is 0.314 e. The summed E-state index contributed by atoms with van der Waals surface area (Å²) in [5, 5.41) is 10.7. The van der Waals surface area contributed by atoms with Gasteiger partial charge in [-0.05, 0) is 25.2 Å². The number of nitrogens with one attached hydrogen (secondary N) is 1. The molecule has 0 aliphatic heterocycles. The van der Waals surface area contributed by atoms with Crippen molar-refractivity contribution >= 4 is 0 Å². The van der Waals surface area contributed by atoms with Crippen LogP contribution >= 0.6 is 0 Å². The summed E-state index contributed by atoms with van der Waals surface area (Å²) in [6.45, 7) is 0.756. The summed E-state index contributed by atoms with van der Waals surface area (Å²) in [5.41, 5.74) is 1.01. The third kappa shape index (κ3) is 2.85. The zero-order chi connectivity index (χ0) is 12.3. The molecule has 1 aromatic carbocycles. The number of hydrogen-bond donors (Lipinski definition) is 1. The monoisotopic (exact) mass is 238 g/mol. The second kappa shape index (κ2) is 5.01. The van der Waals surface area contributed by atoms with Gasteiger partial charge >= 0.3 is 0 Å². The molecule has 0 unspecified atom stereocenters. The molecule has 4 nitrogen and oxygen atoms in total. The van der Waals surface area contributed by atoms with E-state index in [4.69, 9.17) is 0 Å². The number of rotatable bonds is 4. The summed E-state index contributed by atoms with van der Waals surface area (Å²) in [7, 11) is 1.80. The summed E-state index contributed by atoms with van der Waals surface area (Å²) < 4.78 is 27.8. The molecule has 17 heavy (non-hydrogen) atoms. The van der Waals surface area contributed by atoms with Crippen molar-refractivity contribution in [1.82, 2.24) is 20.3 Å². The van der Waals surface area contributed by atoms with Crippen molar-refractivity contribution in [1.29, 1.82) is 0 Å². The third-order valence-corrected chi connectivity index (χ3v) is 2.28. The molecular formula is C11H12F2N4. The van der Waals surface area contributed by atoms with Gasteiger partial charge < -0.3 is 5.32 Å².